The van der Waals surface area contributed by atoms with E-state index in [1.54, 1.807) is 12.1 Å². The second-order valence-electron chi connectivity index (χ2n) is 5.20. The van der Waals surface area contributed by atoms with Gasteiger partial charge < -0.3 is 0 Å². The van der Waals surface area contributed by atoms with E-state index in [0.717, 1.165) is 13.0 Å². The first-order chi connectivity index (χ1) is 9.04. The monoisotopic (exact) mass is 265 g/mol. The highest BCUT2D eigenvalue weighted by atomic mass is 19.1. The molecule has 2 nitrogen and oxygen atoms in total. The molecule has 106 valence electrons. The van der Waals surface area contributed by atoms with Gasteiger partial charge in [0.25, 0.3) is 0 Å². The van der Waals surface area contributed by atoms with Crippen LogP contribution in [0.1, 0.15) is 50.4 Å². The van der Waals surface area contributed by atoms with Gasteiger partial charge in [-0.05, 0) is 38.9 Å². The summed E-state index contributed by atoms with van der Waals surface area (Å²) in [6.45, 7) is 7.63. The molecule has 1 aromatic carbocycles. The Morgan fingerprint density at radius 1 is 1.32 bits per heavy atom. The van der Waals surface area contributed by atoms with Crippen molar-refractivity contribution < 1.29 is 9.18 Å². The maximum absolute atomic E-state index is 13.1. The average molecular weight is 265 g/mol. The SMILES string of the molecule is CCCCCN(CC(=O)c1cccc(F)c1)C(C)C. The van der Waals surface area contributed by atoms with Crippen molar-refractivity contribution in [3.05, 3.63) is 35.6 Å². The van der Waals surface area contributed by atoms with Gasteiger partial charge in [0.2, 0.25) is 0 Å². The standard InChI is InChI=1S/C16H24FNO/c1-4-5-6-10-18(13(2)3)12-16(19)14-8-7-9-15(17)11-14/h7-9,11,13H,4-6,10,12H2,1-3H3. The lowest BCUT2D eigenvalue weighted by atomic mass is 10.1. The number of nitrogens with zero attached hydrogens (tertiary/aromatic N) is 1. The van der Waals surface area contributed by atoms with Gasteiger partial charge in [0, 0.05) is 11.6 Å². The number of hydrogen-bond acceptors (Lipinski definition) is 2. The topological polar surface area (TPSA) is 20.3 Å². The molecule has 0 aromatic heterocycles. The molecular weight excluding hydrogens is 241 g/mol. The average Bonchev–Trinajstić information content (AvgIpc) is 2.37. The summed E-state index contributed by atoms with van der Waals surface area (Å²) in [5.41, 5.74) is 0.459. The van der Waals surface area contributed by atoms with E-state index in [9.17, 15) is 9.18 Å². The van der Waals surface area contributed by atoms with Crippen LogP contribution in [0.15, 0.2) is 24.3 Å². The van der Waals surface area contributed by atoms with E-state index in [0.29, 0.717) is 18.2 Å². The summed E-state index contributed by atoms with van der Waals surface area (Å²) in [4.78, 5) is 14.3. The Balaban J connectivity index is 2.60. The number of carbonyl (C=O) groups excluding carboxylic acids is 1. The Labute approximate surface area is 115 Å². The minimum Gasteiger partial charge on any atom is -0.293 e. The molecule has 0 saturated carbocycles. The summed E-state index contributed by atoms with van der Waals surface area (Å²) in [6, 6.07) is 6.26. The van der Waals surface area contributed by atoms with Gasteiger partial charge in [-0.1, -0.05) is 31.9 Å². The van der Waals surface area contributed by atoms with E-state index in [2.05, 4.69) is 25.7 Å². The lowest BCUT2D eigenvalue weighted by Crippen LogP contribution is -2.36. The minimum atomic E-state index is -0.354. The van der Waals surface area contributed by atoms with E-state index in [1.807, 2.05) is 0 Å². The molecule has 0 heterocycles. The quantitative estimate of drug-likeness (QED) is 0.524. The predicted molar refractivity (Wildman–Crippen MR) is 77.0 cm³/mol. The first-order valence-electron chi connectivity index (χ1n) is 7.07. The molecule has 1 aromatic rings. The van der Waals surface area contributed by atoms with Gasteiger partial charge in [0.1, 0.15) is 5.82 Å². The number of benzene rings is 1. The number of rotatable bonds is 8. The molecule has 19 heavy (non-hydrogen) atoms. The Bertz CT molecular complexity index is 403. The largest absolute Gasteiger partial charge is 0.293 e. The lowest BCUT2D eigenvalue weighted by molar-refractivity contribution is 0.0903. The summed E-state index contributed by atoms with van der Waals surface area (Å²) < 4.78 is 13.1. The third-order valence-electron chi connectivity index (χ3n) is 3.27. The molecule has 0 amide bonds. The number of halogens is 1. The molecule has 0 aliphatic heterocycles. The second kappa shape index (κ2) is 8.05. The van der Waals surface area contributed by atoms with Crippen molar-refractivity contribution in [1.82, 2.24) is 4.90 Å². The van der Waals surface area contributed by atoms with Crippen LogP contribution in [0.25, 0.3) is 0 Å². The van der Waals surface area contributed by atoms with E-state index in [1.165, 1.54) is 25.0 Å². The molecule has 0 unspecified atom stereocenters. The smallest absolute Gasteiger partial charge is 0.176 e. The predicted octanol–water partition coefficient (Wildman–Crippen LogP) is 3.91. The van der Waals surface area contributed by atoms with Crippen LogP contribution in [0, 0.1) is 5.82 Å². The molecule has 0 bridgehead atoms. The molecule has 0 atom stereocenters. The van der Waals surface area contributed by atoms with Crippen molar-refractivity contribution in [2.75, 3.05) is 13.1 Å². The van der Waals surface area contributed by atoms with E-state index in [-0.39, 0.29) is 11.6 Å². The summed E-state index contributed by atoms with van der Waals surface area (Å²) in [5, 5.41) is 0. The van der Waals surface area contributed by atoms with E-state index in [4.69, 9.17) is 0 Å². The third-order valence-corrected chi connectivity index (χ3v) is 3.27. The first kappa shape index (κ1) is 15.8. The van der Waals surface area contributed by atoms with Crippen LogP contribution in [0.4, 0.5) is 4.39 Å². The molecule has 0 aliphatic rings. The molecule has 1 rings (SSSR count). The van der Waals surface area contributed by atoms with E-state index >= 15 is 0 Å². The third kappa shape index (κ3) is 5.52. The zero-order valence-electron chi connectivity index (χ0n) is 12.2. The molecule has 0 N–H and O–H groups in total. The van der Waals surface area contributed by atoms with Crippen LogP contribution in [0.5, 0.6) is 0 Å². The van der Waals surface area contributed by atoms with Crippen molar-refractivity contribution >= 4 is 5.78 Å². The number of carbonyl (C=O) groups is 1. The fourth-order valence-electron chi connectivity index (χ4n) is 2.02. The van der Waals surface area contributed by atoms with Crippen molar-refractivity contribution in [3.8, 4) is 0 Å². The molecule has 0 spiro atoms. The van der Waals surface area contributed by atoms with E-state index < -0.39 is 0 Å². The van der Waals surface area contributed by atoms with Gasteiger partial charge in [0.05, 0.1) is 6.54 Å². The van der Waals surface area contributed by atoms with Gasteiger partial charge in [-0.25, -0.2) is 4.39 Å². The molecular formula is C16H24FNO. The fraction of sp³-hybridized carbons (Fsp3) is 0.562. The normalized spacial score (nSPS) is 11.3. The Morgan fingerprint density at radius 2 is 2.05 bits per heavy atom. The zero-order chi connectivity index (χ0) is 14.3. The summed E-state index contributed by atoms with van der Waals surface area (Å²) in [6.07, 6.45) is 3.45. The molecule has 0 fully saturated rings. The van der Waals surface area contributed by atoms with Crippen LogP contribution >= 0.6 is 0 Å². The van der Waals surface area contributed by atoms with Crippen molar-refractivity contribution in [1.29, 1.82) is 0 Å². The van der Waals surface area contributed by atoms with Crippen LogP contribution in [-0.2, 0) is 0 Å². The van der Waals surface area contributed by atoms with Gasteiger partial charge in [-0.2, -0.15) is 0 Å². The number of ketones is 1. The van der Waals surface area contributed by atoms with Crippen molar-refractivity contribution in [3.63, 3.8) is 0 Å². The molecule has 0 aliphatic carbocycles. The zero-order valence-corrected chi connectivity index (χ0v) is 12.2. The first-order valence-corrected chi connectivity index (χ1v) is 7.07. The second-order valence-corrected chi connectivity index (χ2v) is 5.20. The van der Waals surface area contributed by atoms with Crippen LogP contribution in [-0.4, -0.2) is 29.8 Å². The number of Topliss-reactive ketones (excluding diaryl/α,β-unsaturated/α-hetero) is 1. The Morgan fingerprint density at radius 3 is 2.63 bits per heavy atom. The number of hydrogen-bond donors (Lipinski definition) is 0. The maximum atomic E-state index is 13.1. The van der Waals surface area contributed by atoms with Gasteiger partial charge in [0.15, 0.2) is 5.78 Å². The van der Waals surface area contributed by atoms with Crippen molar-refractivity contribution in [2.45, 2.75) is 46.1 Å². The van der Waals surface area contributed by atoms with Gasteiger partial charge >= 0.3 is 0 Å². The van der Waals surface area contributed by atoms with Crippen LogP contribution in [0.3, 0.4) is 0 Å². The van der Waals surface area contributed by atoms with Gasteiger partial charge in [-0.3, -0.25) is 9.69 Å². The molecule has 3 heteroatoms. The highest BCUT2D eigenvalue weighted by Crippen LogP contribution is 2.09. The highest BCUT2D eigenvalue weighted by Gasteiger charge is 2.15. The van der Waals surface area contributed by atoms with Crippen molar-refractivity contribution in [2.24, 2.45) is 0 Å². The maximum Gasteiger partial charge on any atom is 0.176 e. The number of unbranched alkanes of at least 4 members (excludes halogenated alkanes) is 2. The van der Waals surface area contributed by atoms with Gasteiger partial charge in [-0.15, -0.1) is 0 Å². The summed E-state index contributed by atoms with van der Waals surface area (Å²) in [7, 11) is 0. The molecule has 0 radical (unpaired) electrons. The lowest BCUT2D eigenvalue weighted by Gasteiger charge is -2.25. The fourth-order valence-corrected chi connectivity index (χ4v) is 2.02. The Kier molecular flexibility index (Phi) is 6.71. The summed E-state index contributed by atoms with van der Waals surface area (Å²) in [5.74, 6) is -0.363. The van der Waals surface area contributed by atoms with Crippen LogP contribution in [0.2, 0.25) is 0 Å². The Hall–Kier alpha value is -1.22. The van der Waals surface area contributed by atoms with Crippen LogP contribution < -0.4 is 0 Å². The summed E-state index contributed by atoms with van der Waals surface area (Å²) >= 11 is 0. The highest BCUT2D eigenvalue weighted by molar-refractivity contribution is 5.97. The minimum absolute atomic E-state index is 0.00954. The molecule has 0 saturated heterocycles.